The maximum absolute atomic E-state index is 12.1. The standard InChI is InChI=1S/C13H13BrClNO2/c1-13(2)8-4-7(11(17)6-15)9(14)5-10(8)16(3)12(13)18/h4-5H,6H2,1-3H3. The lowest BCUT2D eigenvalue weighted by Crippen LogP contribution is -2.33. The fraction of sp³-hybridized carbons (Fsp3) is 0.385. The van der Waals surface area contributed by atoms with Crippen LogP contribution in [-0.4, -0.2) is 24.6 Å². The van der Waals surface area contributed by atoms with Crippen LogP contribution in [0.15, 0.2) is 16.6 Å². The molecule has 1 heterocycles. The molecular weight excluding hydrogens is 318 g/mol. The first-order valence-corrected chi connectivity index (χ1v) is 6.84. The van der Waals surface area contributed by atoms with Crippen molar-refractivity contribution in [3.05, 3.63) is 27.7 Å². The molecule has 0 N–H and O–H groups in total. The van der Waals surface area contributed by atoms with Crippen molar-refractivity contribution in [2.45, 2.75) is 19.3 Å². The summed E-state index contributed by atoms with van der Waals surface area (Å²) in [7, 11) is 1.74. The maximum atomic E-state index is 12.1. The molecule has 96 valence electrons. The van der Waals surface area contributed by atoms with Crippen molar-refractivity contribution in [2.24, 2.45) is 0 Å². The zero-order chi connectivity index (χ0) is 13.7. The lowest BCUT2D eigenvalue weighted by Gasteiger charge is -2.16. The summed E-state index contributed by atoms with van der Waals surface area (Å²) in [5.41, 5.74) is 1.63. The Kier molecular flexibility index (Phi) is 3.28. The van der Waals surface area contributed by atoms with Gasteiger partial charge in [-0.3, -0.25) is 9.59 Å². The quantitative estimate of drug-likeness (QED) is 0.617. The second-order valence-corrected chi connectivity index (χ2v) is 6.02. The van der Waals surface area contributed by atoms with Crippen molar-refractivity contribution in [3.63, 3.8) is 0 Å². The monoisotopic (exact) mass is 329 g/mol. The van der Waals surface area contributed by atoms with Crippen LogP contribution in [0.25, 0.3) is 0 Å². The van der Waals surface area contributed by atoms with E-state index in [2.05, 4.69) is 15.9 Å². The van der Waals surface area contributed by atoms with E-state index in [-0.39, 0.29) is 17.6 Å². The van der Waals surface area contributed by atoms with Crippen LogP contribution >= 0.6 is 27.5 Å². The van der Waals surface area contributed by atoms with Gasteiger partial charge in [0.1, 0.15) is 0 Å². The molecule has 1 aromatic carbocycles. The average molecular weight is 331 g/mol. The van der Waals surface area contributed by atoms with Crippen LogP contribution in [0.4, 0.5) is 5.69 Å². The predicted molar refractivity (Wildman–Crippen MR) is 75.6 cm³/mol. The van der Waals surface area contributed by atoms with Gasteiger partial charge in [-0.25, -0.2) is 0 Å². The minimum Gasteiger partial charge on any atom is -0.314 e. The summed E-state index contributed by atoms with van der Waals surface area (Å²) < 4.78 is 0.671. The molecule has 5 heteroatoms. The van der Waals surface area contributed by atoms with Gasteiger partial charge < -0.3 is 4.90 Å². The third kappa shape index (κ3) is 1.79. The van der Waals surface area contributed by atoms with Crippen LogP contribution in [0.3, 0.4) is 0 Å². The smallest absolute Gasteiger partial charge is 0.236 e. The van der Waals surface area contributed by atoms with Gasteiger partial charge in [-0.15, -0.1) is 11.6 Å². The van der Waals surface area contributed by atoms with E-state index in [1.165, 1.54) is 0 Å². The second kappa shape index (κ2) is 4.35. The Morgan fingerprint density at radius 2 is 2.06 bits per heavy atom. The molecule has 0 spiro atoms. The van der Waals surface area contributed by atoms with E-state index in [4.69, 9.17) is 11.6 Å². The molecule has 0 aliphatic carbocycles. The Hall–Kier alpha value is -0.870. The fourth-order valence-electron chi connectivity index (χ4n) is 2.27. The van der Waals surface area contributed by atoms with Crippen molar-refractivity contribution in [3.8, 4) is 0 Å². The molecule has 0 fully saturated rings. The number of alkyl halides is 1. The maximum Gasteiger partial charge on any atom is 0.236 e. The van der Waals surface area contributed by atoms with Crippen LogP contribution in [0, 0.1) is 0 Å². The third-order valence-electron chi connectivity index (χ3n) is 3.38. The van der Waals surface area contributed by atoms with Crippen LogP contribution in [-0.2, 0) is 10.2 Å². The number of hydrogen-bond donors (Lipinski definition) is 0. The Balaban J connectivity index is 2.67. The van der Waals surface area contributed by atoms with Gasteiger partial charge in [0.05, 0.1) is 11.3 Å². The summed E-state index contributed by atoms with van der Waals surface area (Å²) in [5, 5.41) is 0. The molecule has 0 atom stereocenters. The van der Waals surface area contributed by atoms with Gasteiger partial charge in [0.2, 0.25) is 5.91 Å². The number of nitrogens with zero attached hydrogens (tertiary/aromatic N) is 1. The number of hydrogen-bond acceptors (Lipinski definition) is 2. The lowest BCUT2D eigenvalue weighted by atomic mass is 9.85. The highest BCUT2D eigenvalue weighted by molar-refractivity contribution is 9.10. The van der Waals surface area contributed by atoms with Crippen molar-refractivity contribution < 1.29 is 9.59 Å². The number of fused-ring (bicyclic) bond motifs is 1. The van der Waals surface area contributed by atoms with Crippen LogP contribution in [0.5, 0.6) is 0 Å². The summed E-state index contributed by atoms with van der Waals surface area (Å²) >= 11 is 8.95. The van der Waals surface area contributed by atoms with Gasteiger partial charge in [0.25, 0.3) is 0 Å². The molecule has 0 unspecified atom stereocenters. The number of likely N-dealkylation sites (N-methyl/N-ethyl adjacent to an activating group) is 1. The number of halogens is 2. The Bertz CT molecular complexity index is 554. The fourth-order valence-corrected chi connectivity index (χ4v) is 2.97. The summed E-state index contributed by atoms with van der Waals surface area (Å²) in [6.07, 6.45) is 0. The van der Waals surface area contributed by atoms with E-state index in [0.29, 0.717) is 10.0 Å². The number of rotatable bonds is 2. The molecule has 0 bridgehead atoms. The van der Waals surface area contributed by atoms with E-state index in [1.54, 1.807) is 18.0 Å². The molecule has 1 aromatic rings. The van der Waals surface area contributed by atoms with Crippen molar-refractivity contribution in [1.29, 1.82) is 0 Å². The van der Waals surface area contributed by atoms with Crippen molar-refractivity contribution in [2.75, 3.05) is 17.8 Å². The molecule has 1 aliphatic heterocycles. The van der Waals surface area contributed by atoms with Gasteiger partial charge >= 0.3 is 0 Å². The predicted octanol–water partition coefficient (Wildman–Crippen LogP) is 3.12. The zero-order valence-electron chi connectivity index (χ0n) is 10.4. The summed E-state index contributed by atoms with van der Waals surface area (Å²) in [6, 6.07) is 3.58. The molecule has 1 amide bonds. The van der Waals surface area contributed by atoms with Crippen LogP contribution in [0.1, 0.15) is 29.8 Å². The highest BCUT2D eigenvalue weighted by atomic mass is 79.9. The van der Waals surface area contributed by atoms with Crippen molar-refractivity contribution >= 4 is 44.9 Å². The number of anilines is 1. The Morgan fingerprint density at radius 1 is 1.44 bits per heavy atom. The summed E-state index contributed by atoms with van der Waals surface area (Å²) in [5.74, 6) is -0.189. The molecule has 1 aliphatic rings. The number of benzene rings is 1. The molecular formula is C13H13BrClNO2. The highest BCUT2D eigenvalue weighted by Crippen LogP contribution is 2.43. The second-order valence-electron chi connectivity index (χ2n) is 4.90. The van der Waals surface area contributed by atoms with Gasteiger partial charge in [-0.1, -0.05) is 0 Å². The SMILES string of the molecule is CN1C(=O)C(C)(C)c2cc(C(=O)CCl)c(Br)cc21. The minimum absolute atomic E-state index is 0.0277. The molecule has 18 heavy (non-hydrogen) atoms. The molecule has 2 rings (SSSR count). The minimum atomic E-state index is -0.605. The van der Waals surface area contributed by atoms with E-state index in [1.807, 2.05) is 19.9 Å². The molecule has 3 nitrogen and oxygen atoms in total. The normalized spacial score (nSPS) is 16.9. The van der Waals surface area contributed by atoms with E-state index in [9.17, 15) is 9.59 Å². The highest BCUT2D eigenvalue weighted by Gasteiger charge is 2.42. The number of ketones is 1. The molecule has 0 saturated carbocycles. The topological polar surface area (TPSA) is 37.4 Å². The summed E-state index contributed by atoms with van der Waals surface area (Å²) in [6.45, 7) is 3.72. The van der Waals surface area contributed by atoms with Gasteiger partial charge in [-0.2, -0.15) is 0 Å². The van der Waals surface area contributed by atoms with Crippen LogP contribution in [0.2, 0.25) is 0 Å². The molecule has 0 saturated heterocycles. The number of carbonyl (C=O) groups is 2. The third-order valence-corrected chi connectivity index (χ3v) is 4.28. The van der Waals surface area contributed by atoms with E-state index >= 15 is 0 Å². The van der Waals surface area contributed by atoms with E-state index in [0.717, 1.165) is 11.3 Å². The van der Waals surface area contributed by atoms with Crippen LogP contribution < -0.4 is 4.90 Å². The first kappa shape index (κ1) is 13.6. The first-order valence-electron chi connectivity index (χ1n) is 5.52. The first-order chi connectivity index (χ1) is 8.30. The van der Waals surface area contributed by atoms with Gasteiger partial charge in [0, 0.05) is 22.8 Å². The van der Waals surface area contributed by atoms with E-state index < -0.39 is 5.41 Å². The number of Topliss-reactive ketones (excluding diaryl/α,β-unsaturated/α-hetero) is 1. The Morgan fingerprint density at radius 3 is 2.61 bits per heavy atom. The zero-order valence-corrected chi connectivity index (χ0v) is 12.7. The largest absolute Gasteiger partial charge is 0.314 e. The van der Waals surface area contributed by atoms with Gasteiger partial charge in [-0.05, 0) is 47.5 Å². The molecule has 0 radical (unpaired) electrons. The Labute approximate surface area is 119 Å². The number of carbonyl (C=O) groups excluding carboxylic acids is 2. The summed E-state index contributed by atoms with van der Waals surface area (Å²) in [4.78, 5) is 25.5. The lowest BCUT2D eigenvalue weighted by molar-refractivity contribution is -0.121. The van der Waals surface area contributed by atoms with Crippen molar-refractivity contribution in [1.82, 2.24) is 0 Å². The average Bonchev–Trinajstić information content (AvgIpc) is 2.49. The molecule has 0 aromatic heterocycles. The number of amides is 1. The van der Waals surface area contributed by atoms with Gasteiger partial charge in [0.15, 0.2) is 5.78 Å².